The molecule has 0 aliphatic heterocycles. The Labute approximate surface area is 269 Å². The lowest BCUT2D eigenvalue weighted by molar-refractivity contribution is -0.163. The van der Waals surface area contributed by atoms with Gasteiger partial charge in [0.1, 0.15) is 12.7 Å². The Morgan fingerprint density at radius 3 is 1.02 bits per heavy atom. The molecule has 0 saturated carbocycles. The Hall–Kier alpha value is -1.06. The minimum absolute atomic E-state index is 0.0200. The molecule has 0 radical (unpaired) electrons. The topological polar surface area (TPSA) is 52.6 Å². The molecule has 0 spiro atoms. The maximum Gasteiger partial charge on any atom is 0.309 e. The smallest absolute Gasteiger partial charge is 0.309 e. The fourth-order valence-electron chi connectivity index (χ4n) is 6.09. The predicted octanol–water partition coefficient (Wildman–Crippen LogP) is 12.7. The Morgan fingerprint density at radius 2 is 0.698 bits per heavy atom. The second-order valence-corrected chi connectivity index (χ2v) is 13.5. The third-order valence-corrected chi connectivity index (χ3v) is 9.07. The lowest BCUT2D eigenvalue weighted by Crippen LogP contribution is -2.28. The first kappa shape index (κ1) is 41.9. The predicted molar refractivity (Wildman–Crippen MR) is 185 cm³/mol. The van der Waals surface area contributed by atoms with E-state index in [1.165, 1.54) is 128 Å². The molecule has 0 heterocycles. The lowest BCUT2D eigenvalue weighted by atomic mass is 9.94. The molecule has 0 bridgehead atoms. The van der Waals surface area contributed by atoms with Gasteiger partial charge in [0, 0.05) is 0 Å². The van der Waals surface area contributed by atoms with Crippen LogP contribution in [0.2, 0.25) is 0 Å². The molecule has 4 nitrogen and oxygen atoms in total. The molecular weight excluding hydrogens is 532 g/mol. The number of hydrogen-bond acceptors (Lipinski definition) is 4. The van der Waals surface area contributed by atoms with Crippen molar-refractivity contribution in [1.29, 1.82) is 0 Å². The fourth-order valence-corrected chi connectivity index (χ4v) is 6.09. The molecule has 0 aliphatic carbocycles. The van der Waals surface area contributed by atoms with Crippen LogP contribution in [0.25, 0.3) is 0 Å². The average Bonchev–Trinajstić information content (AvgIpc) is 3.00. The van der Waals surface area contributed by atoms with Crippen molar-refractivity contribution >= 4 is 11.9 Å². The van der Waals surface area contributed by atoms with E-state index in [1.54, 1.807) is 0 Å². The van der Waals surface area contributed by atoms with Crippen molar-refractivity contribution in [2.75, 3.05) is 6.61 Å². The van der Waals surface area contributed by atoms with Crippen LogP contribution in [0.5, 0.6) is 0 Å². The summed E-state index contributed by atoms with van der Waals surface area (Å²) < 4.78 is 11.7. The molecule has 43 heavy (non-hydrogen) atoms. The van der Waals surface area contributed by atoms with E-state index >= 15 is 0 Å². The highest BCUT2D eigenvalue weighted by molar-refractivity contribution is 5.73. The molecular formula is C39H76O4. The summed E-state index contributed by atoms with van der Waals surface area (Å²) >= 11 is 0. The minimum Gasteiger partial charge on any atom is -0.462 e. The number of rotatable bonds is 33. The summed E-state index contributed by atoms with van der Waals surface area (Å²) in [4.78, 5) is 26.3. The fraction of sp³-hybridized carbons (Fsp3) is 0.949. The van der Waals surface area contributed by atoms with Crippen LogP contribution in [0.15, 0.2) is 0 Å². The first-order valence-corrected chi connectivity index (χ1v) is 19.4. The number of carbonyl (C=O) groups excluding carboxylic acids is 2. The van der Waals surface area contributed by atoms with Crippen LogP contribution in [0.3, 0.4) is 0 Å². The summed E-state index contributed by atoms with van der Waals surface area (Å²) in [7, 11) is 0. The van der Waals surface area contributed by atoms with Gasteiger partial charge < -0.3 is 9.47 Å². The number of unbranched alkanes of at least 4 members (excludes halogenated alkanes) is 20. The molecule has 0 aromatic rings. The van der Waals surface area contributed by atoms with E-state index in [9.17, 15) is 9.59 Å². The standard InChI is InChI=1S/C39H76O4/c1-6-10-14-18-22-26-30-36(31-27-23-19-15-11-7-2)38(40)42-34-35(5)43-39(41)37(32-28-24-20-16-12-8-3)33-29-25-21-17-13-9-4/h35-37H,6-34H2,1-5H3. The maximum atomic E-state index is 13.2. The van der Waals surface area contributed by atoms with E-state index in [4.69, 9.17) is 9.47 Å². The van der Waals surface area contributed by atoms with Crippen LogP contribution < -0.4 is 0 Å². The Balaban J connectivity index is 4.75. The maximum absolute atomic E-state index is 13.2. The van der Waals surface area contributed by atoms with E-state index in [-0.39, 0.29) is 30.4 Å². The molecule has 0 aromatic carbocycles. The van der Waals surface area contributed by atoms with Gasteiger partial charge in [-0.2, -0.15) is 0 Å². The third kappa shape index (κ3) is 27.0. The largest absolute Gasteiger partial charge is 0.462 e. The zero-order valence-electron chi connectivity index (χ0n) is 29.9. The van der Waals surface area contributed by atoms with Gasteiger partial charge in [-0.25, -0.2) is 0 Å². The van der Waals surface area contributed by atoms with Gasteiger partial charge in [0.25, 0.3) is 0 Å². The zero-order chi connectivity index (χ0) is 31.8. The van der Waals surface area contributed by atoms with Crippen LogP contribution in [-0.2, 0) is 19.1 Å². The van der Waals surface area contributed by atoms with Gasteiger partial charge in [0.05, 0.1) is 11.8 Å². The summed E-state index contributed by atoms with van der Waals surface area (Å²) in [5.74, 6) is -0.209. The van der Waals surface area contributed by atoms with Gasteiger partial charge in [-0.1, -0.05) is 182 Å². The average molecular weight is 609 g/mol. The number of esters is 2. The second-order valence-electron chi connectivity index (χ2n) is 13.5. The van der Waals surface area contributed by atoms with Gasteiger partial charge in [0.15, 0.2) is 0 Å². The van der Waals surface area contributed by atoms with Gasteiger partial charge in [-0.15, -0.1) is 0 Å². The minimum atomic E-state index is -0.392. The van der Waals surface area contributed by atoms with Crippen molar-refractivity contribution in [3.8, 4) is 0 Å². The molecule has 0 fully saturated rings. The van der Waals surface area contributed by atoms with Crippen LogP contribution in [0, 0.1) is 11.8 Å². The first-order chi connectivity index (χ1) is 21.0. The molecule has 1 unspecified atom stereocenters. The van der Waals surface area contributed by atoms with Crippen LogP contribution in [0.1, 0.15) is 214 Å². The summed E-state index contributed by atoms with van der Waals surface area (Å²) in [5.41, 5.74) is 0. The van der Waals surface area contributed by atoms with E-state index in [1.807, 2.05) is 6.92 Å². The SMILES string of the molecule is CCCCCCCCC(CCCCCCCC)C(=O)OCC(C)OC(=O)C(CCCCCCCC)CCCCCCCC. The van der Waals surface area contributed by atoms with Crippen molar-refractivity contribution in [1.82, 2.24) is 0 Å². The van der Waals surface area contributed by atoms with Crippen LogP contribution >= 0.6 is 0 Å². The van der Waals surface area contributed by atoms with Gasteiger partial charge >= 0.3 is 11.9 Å². The number of ether oxygens (including phenoxy) is 2. The summed E-state index contributed by atoms with van der Waals surface area (Å²) in [6.45, 7) is 11.0. The van der Waals surface area contributed by atoms with E-state index in [0.717, 1.165) is 51.4 Å². The van der Waals surface area contributed by atoms with E-state index < -0.39 is 6.10 Å². The Morgan fingerprint density at radius 1 is 0.419 bits per heavy atom. The van der Waals surface area contributed by atoms with Crippen LogP contribution in [-0.4, -0.2) is 24.6 Å². The first-order valence-electron chi connectivity index (χ1n) is 19.4. The van der Waals surface area contributed by atoms with Crippen molar-refractivity contribution < 1.29 is 19.1 Å². The summed E-state index contributed by atoms with van der Waals surface area (Å²) in [6, 6.07) is 0. The normalized spacial score (nSPS) is 12.3. The van der Waals surface area contributed by atoms with Crippen molar-refractivity contribution in [2.24, 2.45) is 11.8 Å². The van der Waals surface area contributed by atoms with E-state index in [2.05, 4.69) is 27.7 Å². The number of hydrogen-bond donors (Lipinski definition) is 0. The quantitative estimate of drug-likeness (QED) is 0.0549. The molecule has 0 saturated heterocycles. The lowest BCUT2D eigenvalue weighted by Gasteiger charge is -2.21. The third-order valence-electron chi connectivity index (χ3n) is 9.07. The molecule has 0 rings (SSSR count). The summed E-state index contributed by atoms with van der Waals surface area (Å²) in [6.07, 6.45) is 33.0. The van der Waals surface area contributed by atoms with Gasteiger partial charge in [0.2, 0.25) is 0 Å². The highest BCUT2D eigenvalue weighted by Gasteiger charge is 2.24. The zero-order valence-corrected chi connectivity index (χ0v) is 29.9. The molecule has 0 amide bonds. The molecule has 0 N–H and O–H groups in total. The van der Waals surface area contributed by atoms with E-state index in [0.29, 0.717) is 0 Å². The Kier molecular flexibility index (Phi) is 31.5. The van der Waals surface area contributed by atoms with Crippen molar-refractivity contribution in [2.45, 2.75) is 221 Å². The Bertz CT molecular complexity index is 572. The molecule has 1 atom stereocenters. The van der Waals surface area contributed by atoms with Gasteiger partial charge in [-0.05, 0) is 32.6 Å². The molecule has 256 valence electrons. The van der Waals surface area contributed by atoms with Crippen molar-refractivity contribution in [3.05, 3.63) is 0 Å². The molecule has 0 aromatic heterocycles. The van der Waals surface area contributed by atoms with Gasteiger partial charge in [-0.3, -0.25) is 9.59 Å². The molecule has 4 heteroatoms. The summed E-state index contributed by atoms with van der Waals surface area (Å²) in [5, 5.41) is 0. The second kappa shape index (κ2) is 32.3. The van der Waals surface area contributed by atoms with Crippen LogP contribution in [0.4, 0.5) is 0 Å². The molecule has 0 aliphatic rings. The van der Waals surface area contributed by atoms with Crippen molar-refractivity contribution in [3.63, 3.8) is 0 Å². The monoisotopic (exact) mass is 609 g/mol. The highest BCUT2D eigenvalue weighted by Crippen LogP contribution is 2.23. The highest BCUT2D eigenvalue weighted by atomic mass is 16.6. The number of carbonyl (C=O) groups is 2.